The third-order valence-electron chi connectivity index (χ3n) is 12.2. The van der Waals surface area contributed by atoms with Gasteiger partial charge in [-0.2, -0.15) is 11.8 Å². The van der Waals surface area contributed by atoms with Crippen molar-refractivity contribution in [3.63, 3.8) is 0 Å². The molecule has 4 heterocycles. The number of hydrogen-bond donors (Lipinski definition) is 12. The molecule has 4 aliphatic heterocycles. The number of imide groups is 1. The number of aliphatic hydroxyl groups is 9. The van der Waals surface area contributed by atoms with Crippen molar-refractivity contribution in [3.05, 3.63) is 0 Å². The van der Waals surface area contributed by atoms with Gasteiger partial charge < -0.3 is 100 Å². The molecule has 5 amide bonds. The average molecular weight is 1040 g/mol. The Balaban J connectivity index is 0.0000130. The Bertz CT molecular complexity index is 1780. The SMILES string of the molecule is CSC1CC(=O)N(CCC(=O)NCCCOCCC(=O)NCC(=O)C[C@H]2C([C@H](O)[C@H](O)CO)O[C@@](O[C@@H]3C(O)[C@H](O[C@@H]4C(NC(C)=O)[C@@H](C)OC(CO)[C@@H]4O)OC(CO)[C@@H]3O)(C(=O)[O-])C[C@H]2O)C1=O.[Na+]. The predicted molar refractivity (Wildman–Crippen MR) is 227 cm³/mol. The summed E-state index contributed by atoms with van der Waals surface area (Å²) in [6, 6.07) is -1.15. The number of amides is 5. The molecule has 0 bridgehead atoms. The van der Waals surface area contributed by atoms with Crippen LogP contribution in [-0.4, -0.2) is 248 Å². The molecule has 4 fully saturated rings. The molecule has 0 aromatic rings. The number of thioether (sulfide) groups is 1. The summed E-state index contributed by atoms with van der Waals surface area (Å²) in [6.07, 6.45) is -23.9. The molecule has 70 heavy (non-hydrogen) atoms. The number of ether oxygens (including phenoxy) is 6. The van der Waals surface area contributed by atoms with Crippen molar-refractivity contribution in [3.8, 4) is 0 Å². The van der Waals surface area contributed by atoms with Gasteiger partial charge in [-0.1, -0.05) is 0 Å². The van der Waals surface area contributed by atoms with E-state index in [1.165, 1.54) is 18.7 Å². The minimum absolute atomic E-state index is 0. The number of carbonyl (C=O) groups is 7. The van der Waals surface area contributed by atoms with Crippen LogP contribution in [-0.2, 0) is 62.0 Å². The van der Waals surface area contributed by atoms with E-state index >= 15 is 0 Å². The Morgan fingerprint density at radius 1 is 0.929 bits per heavy atom. The zero-order valence-corrected chi connectivity index (χ0v) is 42.0. The van der Waals surface area contributed by atoms with Crippen molar-refractivity contribution < 1.29 is 143 Å². The van der Waals surface area contributed by atoms with E-state index in [1.54, 1.807) is 6.26 Å². The summed E-state index contributed by atoms with van der Waals surface area (Å²) >= 11 is 1.27. The number of likely N-dealkylation sites (tertiary alicyclic amines) is 1. The van der Waals surface area contributed by atoms with Gasteiger partial charge in [0.2, 0.25) is 35.3 Å². The van der Waals surface area contributed by atoms with Gasteiger partial charge in [-0.3, -0.25) is 33.7 Å². The van der Waals surface area contributed by atoms with Crippen molar-refractivity contribution in [2.24, 2.45) is 5.92 Å². The molecule has 4 saturated heterocycles. The summed E-state index contributed by atoms with van der Waals surface area (Å²) in [7, 11) is 0. The molecule has 4 aliphatic rings. The molecule has 0 spiro atoms. The zero-order chi connectivity index (χ0) is 51.3. The number of carbonyl (C=O) groups excluding carboxylic acids is 7. The predicted octanol–water partition coefficient (Wildman–Crippen LogP) is -11.4. The summed E-state index contributed by atoms with van der Waals surface area (Å²) in [5.41, 5.74) is 0. The molecular weight excluding hydrogens is 972 g/mol. The first-order chi connectivity index (χ1) is 32.6. The van der Waals surface area contributed by atoms with Crippen LogP contribution >= 0.6 is 11.8 Å². The second-order valence-electron chi connectivity index (χ2n) is 17.1. The number of nitrogens with zero attached hydrogens (tertiary/aromatic N) is 1. The van der Waals surface area contributed by atoms with Crippen molar-refractivity contribution in [2.75, 3.05) is 58.9 Å². The van der Waals surface area contributed by atoms with Crippen LogP contribution in [0.25, 0.3) is 0 Å². The van der Waals surface area contributed by atoms with Crippen LogP contribution in [0.4, 0.5) is 0 Å². The van der Waals surface area contributed by atoms with Crippen molar-refractivity contribution in [1.29, 1.82) is 0 Å². The fourth-order valence-electron chi connectivity index (χ4n) is 8.38. The van der Waals surface area contributed by atoms with Crippen LogP contribution in [0.5, 0.6) is 0 Å². The first-order valence-corrected chi connectivity index (χ1v) is 23.6. The van der Waals surface area contributed by atoms with E-state index in [4.69, 9.17) is 28.4 Å². The van der Waals surface area contributed by atoms with Crippen LogP contribution in [0, 0.1) is 5.92 Å². The fourth-order valence-corrected chi connectivity index (χ4v) is 9.02. The number of rotatable bonds is 26. The molecule has 0 aromatic carbocycles. The minimum atomic E-state index is -3.23. The Hall–Kier alpha value is -2.56. The number of carboxylic acid groups (broad SMARTS) is 1. The monoisotopic (exact) mass is 1040 g/mol. The number of aliphatic carboxylic acids is 1. The molecule has 4 rings (SSSR count). The summed E-state index contributed by atoms with van der Waals surface area (Å²) in [6.45, 7) is -0.627. The van der Waals surface area contributed by atoms with Crippen LogP contribution in [0.3, 0.4) is 0 Å². The van der Waals surface area contributed by atoms with E-state index < -0.39 is 165 Å². The molecule has 0 saturated carbocycles. The van der Waals surface area contributed by atoms with Gasteiger partial charge in [0.15, 0.2) is 12.1 Å². The number of aliphatic hydroxyl groups excluding tert-OH is 9. The van der Waals surface area contributed by atoms with E-state index in [1.807, 2.05) is 0 Å². The second kappa shape index (κ2) is 28.8. The van der Waals surface area contributed by atoms with Gasteiger partial charge >= 0.3 is 29.6 Å². The standard InChI is InChI=1S/C41H66N4O23S.Na/c1-18-30(44-19(2)49)36(32(57)24(16-47)64-18)66-39-34(59)37(33(58)25(17-48)65-39)68-41(40(61)62)13-22(51)21(35(67-41)31(56)23(52)15-46)11-20(50)14-43-28(54)6-10-63-9-4-7-42-27(53)5-8-45-29(55)12-26(69-3)38(45)60;/h18,21-26,30-37,39,46-48,51-52,56-59H,4-17H2,1-3H3,(H,42,53)(H,43,54)(H,44,49)(H,61,62);/q;+1/p-1/t18-,21-,22-,23-,24?,25?,26?,30?,31-,32+,33+,34?,35?,36-,37+,39+,41+;/m1./s1. The summed E-state index contributed by atoms with van der Waals surface area (Å²) in [5, 5.41) is 116. The number of ketones is 1. The first kappa shape index (κ1) is 61.7. The normalized spacial score (nSPS) is 34.3. The van der Waals surface area contributed by atoms with Crippen LogP contribution < -0.4 is 50.6 Å². The van der Waals surface area contributed by atoms with Crippen molar-refractivity contribution in [2.45, 2.75) is 149 Å². The van der Waals surface area contributed by atoms with Gasteiger partial charge in [0, 0.05) is 64.6 Å². The molecule has 394 valence electrons. The van der Waals surface area contributed by atoms with Crippen LogP contribution in [0.15, 0.2) is 0 Å². The number of carboxylic acids is 1. The molecule has 17 atom stereocenters. The third-order valence-corrected chi connectivity index (χ3v) is 13.1. The first-order valence-electron chi connectivity index (χ1n) is 22.3. The average Bonchev–Trinajstić information content (AvgIpc) is 3.59. The molecule has 0 aliphatic carbocycles. The Labute approximate surface area is 428 Å². The van der Waals surface area contributed by atoms with Crippen LogP contribution in [0.2, 0.25) is 0 Å². The molecule has 0 radical (unpaired) electrons. The van der Waals surface area contributed by atoms with Gasteiger partial charge in [0.05, 0.1) is 62.6 Å². The Morgan fingerprint density at radius 2 is 1.57 bits per heavy atom. The third kappa shape index (κ3) is 16.0. The van der Waals surface area contributed by atoms with E-state index in [0.29, 0.717) is 6.42 Å². The summed E-state index contributed by atoms with van der Waals surface area (Å²) in [4.78, 5) is 88.1. The van der Waals surface area contributed by atoms with Crippen molar-refractivity contribution in [1.82, 2.24) is 20.9 Å². The summed E-state index contributed by atoms with van der Waals surface area (Å²) < 4.78 is 33.8. The second-order valence-corrected chi connectivity index (χ2v) is 18.2. The molecule has 27 nitrogen and oxygen atoms in total. The Kier molecular flexibility index (Phi) is 25.4. The van der Waals surface area contributed by atoms with Gasteiger partial charge in [0.1, 0.15) is 60.9 Å². The Morgan fingerprint density at radius 3 is 2.17 bits per heavy atom. The zero-order valence-electron chi connectivity index (χ0n) is 39.2. The van der Waals surface area contributed by atoms with Gasteiger partial charge in [-0.25, -0.2) is 0 Å². The molecule has 6 unspecified atom stereocenters. The largest absolute Gasteiger partial charge is 1.00 e. The quantitative estimate of drug-likeness (QED) is 0.0217. The number of hydrogen-bond acceptors (Lipinski definition) is 24. The van der Waals surface area contributed by atoms with Gasteiger partial charge in [-0.05, 0) is 19.6 Å². The maximum Gasteiger partial charge on any atom is 1.00 e. The van der Waals surface area contributed by atoms with E-state index in [-0.39, 0.29) is 92.8 Å². The summed E-state index contributed by atoms with van der Waals surface area (Å²) in [5.74, 6) is -10.1. The van der Waals surface area contributed by atoms with Crippen LogP contribution in [0.1, 0.15) is 52.4 Å². The molecule has 12 N–H and O–H groups in total. The van der Waals surface area contributed by atoms with Gasteiger partial charge in [0.25, 0.3) is 0 Å². The topological polar surface area (TPSA) is 419 Å². The smallest absolute Gasteiger partial charge is 0.544 e. The molecule has 0 aromatic heterocycles. The van der Waals surface area contributed by atoms with Gasteiger partial charge in [-0.15, -0.1) is 0 Å². The van der Waals surface area contributed by atoms with E-state index in [9.17, 15) is 84.6 Å². The maximum absolute atomic E-state index is 13.2. The maximum atomic E-state index is 13.2. The fraction of sp³-hybridized carbons (Fsp3) is 0.829. The van der Waals surface area contributed by atoms with E-state index in [0.717, 1.165) is 11.8 Å². The molecular formula is C41H65N4NaO23S. The minimum Gasteiger partial charge on any atom is -0.544 e. The van der Waals surface area contributed by atoms with Crippen molar-refractivity contribution >= 4 is 53.1 Å². The number of nitrogens with one attached hydrogen (secondary N) is 3. The van der Waals surface area contributed by atoms with E-state index in [2.05, 4.69) is 16.0 Å². The molecule has 29 heteroatoms. The number of Topliss-reactive ketones (excluding diaryl/α,β-unsaturated/α-hetero) is 1.